The van der Waals surface area contributed by atoms with Crippen molar-refractivity contribution in [3.63, 3.8) is 0 Å². The maximum atomic E-state index is 12.3. The van der Waals surface area contributed by atoms with E-state index in [0.29, 0.717) is 5.78 Å². The highest BCUT2D eigenvalue weighted by atomic mass is 16.1. The first-order chi connectivity index (χ1) is 8.26. The summed E-state index contributed by atoms with van der Waals surface area (Å²) in [6, 6.07) is 8.42. The summed E-state index contributed by atoms with van der Waals surface area (Å²) in [5, 5.41) is 3.37. The van der Waals surface area contributed by atoms with Gasteiger partial charge in [0.1, 0.15) is 0 Å². The van der Waals surface area contributed by atoms with Crippen molar-refractivity contribution in [1.82, 2.24) is 5.32 Å². The van der Waals surface area contributed by atoms with Crippen LogP contribution in [-0.2, 0) is 17.8 Å². The minimum atomic E-state index is 0.0230. The Bertz CT molecular complexity index is 396. The van der Waals surface area contributed by atoms with Crippen molar-refractivity contribution in [1.29, 1.82) is 0 Å². The molecule has 0 spiro atoms. The van der Waals surface area contributed by atoms with Gasteiger partial charge in [-0.1, -0.05) is 38.1 Å². The lowest BCUT2D eigenvalue weighted by molar-refractivity contribution is -0.125. The molecule has 92 valence electrons. The van der Waals surface area contributed by atoms with Crippen LogP contribution >= 0.6 is 0 Å². The number of benzene rings is 1. The van der Waals surface area contributed by atoms with E-state index >= 15 is 0 Å². The molecule has 1 N–H and O–H groups in total. The molecule has 2 heteroatoms. The van der Waals surface area contributed by atoms with Crippen molar-refractivity contribution < 1.29 is 4.79 Å². The number of ketones is 1. The van der Waals surface area contributed by atoms with Gasteiger partial charge in [-0.05, 0) is 30.4 Å². The van der Waals surface area contributed by atoms with Gasteiger partial charge >= 0.3 is 0 Å². The second-order valence-electron chi connectivity index (χ2n) is 4.82. The number of rotatable bonds is 4. The highest BCUT2D eigenvalue weighted by Gasteiger charge is 2.27. The predicted molar refractivity (Wildman–Crippen MR) is 69.9 cm³/mol. The third kappa shape index (κ3) is 2.58. The van der Waals surface area contributed by atoms with E-state index in [-0.39, 0.29) is 12.0 Å². The Balaban J connectivity index is 2.09. The van der Waals surface area contributed by atoms with Crippen LogP contribution in [0.3, 0.4) is 0 Å². The molecule has 0 radical (unpaired) electrons. The number of fused-ring (bicyclic) bond motifs is 1. The second-order valence-corrected chi connectivity index (χ2v) is 4.82. The van der Waals surface area contributed by atoms with Gasteiger partial charge in [-0.25, -0.2) is 0 Å². The third-order valence-electron chi connectivity index (χ3n) is 3.81. The summed E-state index contributed by atoms with van der Waals surface area (Å²) >= 11 is 0. The van der Waals surface area contributed by atoms with Crippen molar-refractivity contribution in [3.8, 4) is 0 Å². The van der Waals surface area contributed by atoms with Gasteiger partial charge in [0.2, 0.25) is 0 Å². The lowest BCUT2D eigenvalue weighted by Crippen LogP contribution is -2.44. The number of carbonyl (C=O) groups excluding carboxylic acids is 1. The molecule has 1 aromatic rings. The van der Waals surface area contributed by atoms with E-state index in [0.717, 1.165) is 25.8 Å². The van der Waals surface area contributed by atoms with E-state index in [4.69, 9.17) is 0 Å². The molecule has 1 unspecified atom stereocenters. The Morgan fingerprint density at radius 3 is 2.59 bits per heavy atom. The summed E-state index contributed by atoms with van der Waals surface area (Å²) in [5.74, 6) is 0.613. The number of nitrogens with one attached hydrogen (secondary N) is 1. The van der Waals surface area contributed by atoms with Gasteiger partial charge in [0, 0.05) is 12.5 Å². The highest BCUT2D eigenvalue weighted by Crippen LogP contribution is 2.20. The molecule has 0 saturated heterocycles. The van der Waals surface area contributed by atoms with Gasteiger partial charge in [0.15, 0.2) is 5.78 Å². The fourth-order valence-corrected chi connectivity index (χ4v) is 2.63. The molecule has 0 aliphatic carbocycles. The van der Waals surface area contributed by atoms with Crippen molar-refractivity contribution in [2.75, 3.05) is 0 Å². The first-order valence-electron chi connectivity index (χ1n) is 6.60. The van der Waals surface area contributed by atoms with Crippen LogP contribution in [0.4, 0.5) is 0 Å². The van der Waals surface area contributed by atoms with Crippen molar-refractivity contribution in [2.24, 2.45) is 5.92 Å². The minimum absolute atomic E-state index is 0.0230. The van der Waals surface area contributed by atoms with Crippen molar-refractivity contribution in [2.45, 2.75) is 45.7 Å². The highest BCUT2D eigenvalue weighted by molar-refractivity contribution is 5.86. The monoisotopic (exact) mass is 231 g/mol. The zero-order valence-corrected chi connectivity index (χ0v) is 10.7. The maximum Gasteiger partial charge on any atom is 0.153 e. The third-order valence-corrected chi connectivity index (χ3v) is 3.81. The minimum Gasteiger partial charge on any atom is -0.303 e. The number of Topliss-reactive ketones (excluding diaryl/α,β-unsaturated/α-hetero) is 1. The summed E-state index contributed by atoms with van der Waals surface area (Å²) in [6.45, 7) is 5.03. The van der Waals surface area contributed by atoms with Crippen LogP contribution in [-0.4, -0.2) is 11.8 Å². The Kier molecular flexibility index (Phi) is 3.95. The van der Waals surface area contributed by atoms with Crippen LogP contribution in [0.15, 0.2) is 24.3 Å². The van der Waals surface area contributed by atoms with E-state index in [1.165, 1.54) is 11.1 Å². The molecule has 1 aromatic carbocycles. The largest absolute Gasteiger partial charge is 0.303 e. The fourth-order valence-electron chi connectivity index (χ4n) is 2.63. The molecule has 2 rings (SSSR count). The summed E-state index contributed by atoms with van der Waals surface area (Å²) in [5.41, 5.74) is 2.66. The number of carbonyl (C=O) groups is 1. The molecular weight excluding hydrogens is 210 g/mol. The Morgan fingerprint density at radius 1 is 1.29 bits per heavy atom. The standard InChI is InChI=1S/C15H21NO/c1-3-11(4-2)15(17)14-9-12-7-5-6-8-13(12)10-16-14/h5-8,11,14,16H,3-4,9-10H2,1-2H3. The lowest BCUT2D eigenvalue weighted by Gasteiger charge is -2.27. The summed E-state index contributed by atoms with van der Waals surface area (Å²) < 4.78 is 0. The molecule has 0 fully saturated rings. The quantitative estimate of drug-likeness (QED) is 0.863. The van der Waals surface area contributed by atoms with Gasteiger partial charge < -0.3 is 5.32 Å². The lowest BCUT2D eigenvalue weighted by atomic mass is 9.87. The zero-order valence-electron chi connectivity index (χ0n) is 10.7. The van der Waals surface area contributed by atoms with Crippen LogP contribution in [0.5, 0.6) is 0 Å². The average Bonchev–Trinajstić information content (AvgIpc) is 2.39. The normalized spacial score (nSPS) is 19.1. The van der Waals surface area contributed by atoms with Crippen LogP contribution < -0.4 is 5.32 Å². The van der Waals surface area contributed by atoms with Gasteiger partial charge in [-0.15, -0.1) is 0 Å². The Labute approximate surface area is 103 Å². The van der Waals surface area contributed by atoms with Gasteiger partial charge in [0.25, 0.3) is 0 Å². The van der Waals surface area contributed by atoms with E-state index in [1.54, 1.807) is 0 Å². The average molecular weight is 231 g/mol. The molecule has 17 heavy (non-hydrogen) atoms. The van der Waals surface area contributed by atoms with Crippen LogP contribution in [0, 0.1) is 5.92 Å². The van der Waals surface area contributed by atoms with E-state index < -0.39 is 0 Å². The van der Waals surface area contributed by atoms with Gasteiger partial charge in [-0.3, -0.25) is 4.79 Å². The zero-order chi connectivity index (χ0) is 12.3. The molecule has 0 amide bonds. The number of hydrogen-bond donors (Lipinski definition) is 1. The first-order valence-corrected chi connectivity index (χ1v) is 6.60. The molecule has 2 nitrogen and oxygen atoms in total. The molecule has 1 heterocycles. The summed E-state index contributed by atoms with van der Waals surface area (Å²) in [7, 11) is 0. The number of hydrogen-bond acceptors (Lipinski definition) is 2. The molecule has 0 bridgehead atoms. The molecule has 0 saturated carbocycles. The van der Waals surface area contributed by atoms with Crippen molar-refractivity contribution in [3.05, 3.63) is 35.4 Å². The predicted octanol–water partition coefficient (Wildman–Crippen LogP) is 2.71. The van der Waals surface area contributed by atoms with Crippen LogP contribution in [0.1, 0.15) is 37.8 Å². The van der Waals surface area contributed by atoms with Gasteiger partial charge in [-0.2, -0.15) is 0 Å². The topological polar surface area (TPSA) is 29.1 Å². The maximum absolute atomic E-state index is 12.3. The Morgan fingerprint density at radius 2 is 1.94 bits per heavy atom. The SMILES string of the molecule is CCC(CC)C(=O)C1Cc2ccccc2CN1. The van der Waals surface area contributed by atoms with E-state index in [2.05, 4.69) is 43.4 Å². The molecular formula is C15H21NO. The van der Waals surface area contributed by atoms with E-state index in [9.17, 15) is 4.79 Å². The van der Waals surface area contributed by atoms with E-state index in [1.807, 2.05) is 0 Å². The molecule has 0 aromatic heterocycles. The summed E-state index contributed by atoms with van der Waals surface area (Å²) in [6.07, 6.45) is 2.76. The van der Waals surface area contributed by atoms with Crippen LogP contribution in [0.2, 0.25) is 0 Å². The summed E-state index contributed by atoms with van der Waals surface area (Å²) in [4.78, 5) is 12.3. The Hall–Kier alpha value is -1.15. The van der Waals surface area contributed by atoms with Crippen molar-refractivity contribution >= 4 is 5.78 Å². The fraction of sp³-hybridized carbons (Fsp3) is 0.533. The van der Waals surface area contributed by atoms with Gasteiger partial charge in [0.05, 0.1) is 6.04 Å². The molecule has 1 atom stereocenters. The second kappa shape index (κ2) is 5.46. The molecule has 1 aliphatic rings. The smallest absolute Gasteiger partial charge is 0.153 e. The van der Waals surface area contributed by atoms with Crippen LogP contribution in [0.25, 0.3) is 0 Å². The molecule has 1 aliphatic heterocycles. The first kappa shape index (κ1) is 12.3.